The van der Waals surface area contributed by atoms with Crippen LogP contribution < -0.4 is 4.74 Å². The average Bonchev–Trinajstić information content (AvgIpc) is 2.90. The van der Waals surface area contributed by atoms with E-state index in [-0.39, 0.29) is 6.61 Å². The second-order valence-electron chi connectivity index (χ2n) is 3.91. The molecule has 1 aromatic heterocycles. The van der Waals surface area contributed by atoms with Crippen molar-refractivity contribution in [3.63, 3.8) is 0 Å². The summed E-state index contributed by atoms with van der Waals surface area (Å²) >= 11 is 8.92. The highest BCUT2D eigenvalue weighted by atomic mass is 35.5. The molecule has 1 aromatic carbocycles. The predicted molar refractivity (Wildman–Crippen MR) is 78.3 cm³/mol. The zero-order valence-electron chi connectivity index (χ0n) is 10.2. The summed E-state index contributed by atoms with van der Waals surface area (Å²) in [7, 11) is 0. The monoisotopic (exact) mass is 316 g/mol. The van der Waals surface area contributed by atoms with Gasteiger partial charge in [0.05, 0.1) is 11.1 Å². The van der Waals surface area contributed by atoms with Gasteiger partial charge in [0.2, 0.25) is 0 Å². The molecular formula is C12H13ClN2O2S2. The van der Waals surface area contributed by atoms with Crippen LogP contribution in [0.3, 0.4) is 0 Å². The van der Waals surface area contributed by atoms with Crippen molar-refractivity contribution in [1.29, 1.82) is 0 Å². The first-order valence-electron chi connectivity index (χ1n) is 5.61. The normalized spacial score (nSPS) is 12.4. The molecule has 0 unspecified atom stereocenters. The van der Waals surface area contributed by atoms with E-state index in [1.54, 1.807) is 11.6 Å². The van der Waals surface area contributed by atoms with Crippen LogP contribution in [0, 0.1) is 6.92 Å². The number of halogens is 1. The van der Waals surface area contributed by atoms with Gasteiger partial charge in [0, 0.05) is 5.75 Å². The molecule has 0 radical (unpaired) electrons. The van der Waals surface area contributed by atoms with E-state index in [9.17, 15) is 5.11 Å². The van der Waals surface area contributed by atoms with Gasteiger partial charge < -0.3 is 9.84 Å². The third kappa shape index (κ3) is 4.65. The molecule has 0 saturated carbocycles. The van der Waals surface area contributed by atoms with Crippen LogP contribution in [0.1, 0.15) is 5.56 Å². The maximum Gasteiger partial charge on any atom is 0.174 e. The first-order chi connectivity index (χ1) is 9.15. The van der Waals surface area contributed by atoms with Crippen molar-refractivity contribution in [1.82, 2.24) is 10.2 Å². The summed E-state index contributed by atoms with van der Waals surface area (Å²) in [5.41, 5.74) is 2.73. The van der Waals surface area contributed by atoms with Gasteiger partial charge >= 0.3 is 0 Å². The zero-order chi connectivity index (χ0) is 13.7. The molecule has 0 bridgehead atoms. The quantitative estimate of drug-likeness (QED) is 0.830. The van der Waals surface area contributed by atoms with Crippen LogP contribution in [0.2, 0.25) is 5.02 Å². The molecule has 0 amide bonds. The van der Waals surface area contributed by atoms with Crippen molar-refractivity contribution in [2.75, 3.05) is 12.4 Å². The number of aryl methyl sites for hydroxylation is 1. The third-order valence-electron chi connectivity index (χ3n) is 2.26. The van der Waals surface area contributed by atoms with Gasteiger partial charge in [-0.15, -0.1) is 10.2 Å². The summed E-state index contributed by atoms with van der Waals surface area (Å²) in [6, 6.07) is 5.55. The van der Waals surface area contributed by atoms with E-state index in [0.29, 0.717) is 16.5 Å². The van der Waals surface area contributed by atoms with Crippen LogP contribution in [-0.4, -0.2) is 33.8 Å². The molecule has 1 N–H and O–H groups in total. The Balaban J connectivity index is 1.79. The molecule has 0 spiro atoms. The van der Waals surface area contributed by atoms with Gasteiger partial charge in [-0.05, 0) is 24.6 Å². The van der Waals surface area contributed by atoms with Gasteiger partial charge in [0.25, 0.3) is 0 Å². The summed E-state index contributed by atoms with van der Waals surface area (Å²) < 4.78 is 6.36. The van der Waals surface area contributed by atoms with Gasteiger partial charge in [-0.1, -0.05) is 40.8 Å². The van der Waals surface area contributed by atoms with Crippen molar-refractivity contribution in [3.8, 4) is 5.75 Å². The molecule has 2 aromatic rings. The largest absolute Gasteiger partial charge is 0.489 e. The van der Waals surface area contributed by atoms with Crippen LogP contribution in [0.15, 0.2) is 28.0 Å². The van der Waals surface area contributed by atoms with Crippen molar-refractivity contribution in [2.24, 2.45) is 0 Å². The molecule has 102 valence electrons. The fourth-order valence-electron chi connectivity index (χ4n) is 1.35. The smallest absolute Gasteiger partial charge is 0.174 e. The summed E-state index contributed by atoms with van der Waals surface area (Å²) in [6.07, 6.45) is -0.578. The Hall–Kier alpha value is -0.820. The fraction of sp³-hybridized carbons (Fsp3) is 0.333. The van der Waals surface area contributed by atoms with Crippen LogP contribution in [-0.2, 0) is 0 Å². The number of hydrogen-bond donors (Lipinski definition) is 1. The molecule has 19 heavy (non-hydrogen) atoms. The molecule has 0 saturated heterocycles. The van der Waals surface area contributed by atoms with E-state index in [0.717, 1.165) is 9.90 Å². The number of nitrogens with zero attached hydrogens (tertiary/aromatic N) is 2. The number of thioether (sulfide) groups is 1. The number of aromatic nitrogens is 2. The highest BCUT2D eigenvalue weighted by Gasteiger charge is 2.09. The van der Waals surface area contributed by atoms with Crippen molar-refractivity contribution in [3.05, 3.63) is 34.3 Å². The minimum Gasteiger partial charge on any atom is -0.489 e. The Morgan fingerprint density at radius 1 is 1.53 bits per heavy atom. The SMILES string of the molecule is Cc1ccc(Cl)c(OC[C@H](O)CSc2nncs2)c1. The standard InChI is InChI=1S/C12H13ClN2O2S2/c1-8-2-3-10(13)11(4-8)17-5-9(16)6-18-12-15-14-7-19-12/h2-4,7,9,16H,5-6H2,1H3/t9-/m0/s1. The van der Waals surface area contributed by atoms with E-state index in [2.05, 4.69) is 10.2 Å². The van der Waals surface area contributed by atoms with Gasteiger partial charge in [0.1, 0.15) is 17.9 Å². The number of benzene rings is 1. The van der Waals surface area contributed by atoms with Crippen LogP contribution in [0.25, 0.3) is 0 Å². The Bertz CT molecular complexity index is 522. The molecule has 1 heterocycles. The third-order valence-corrected chi connectivity index (χ3v) is 4.57. The van der Waals surface area contributed by atoms with Crippen LogP contribution in [0.5, 0.6) is 5.75 Å². The molecule has 1 atom stereocenters. The second-order valence-corrected chi connectivity index (χ2v) is 6.42. The first-order valence-corrected chi connectivity index (χ1v) is 7.85. The summed E-state index contributed by atoms with van der Waals surface area (Å²) in [6.45, 7) is 2.17. The molecular weight excluding hydrogens is 304 g/mol. The van der Waals surface area contributed by atoms with Crippen molar-refractivity contribution in [2.45, 2.75) is 17.4 Å². The average molecular weight is 317 g/mol. The highest BCUT2D eigenvalue weighted by molar-refractivity contribution is 8.01. The number of aliphatic hydroxyl groups excluding tert-OH is 1. The lowest BCUT2D eigenvalue weighted by atomic mass is 10.2. The van der Waals surface area contributed by atoms with E-state index in [1.807, 2.05) is 19.1 Å². The summed E-state index contributed by atoms with van der Waals surface area (Å²) in [4.78, 5) is 0. The fourth-order valence-corrected chi connectivity index (χ4v) is 2.94. The second kappa shape index (κ2) is 7.09. The molecule has 0 aliphatic heterocycles. The van der Waals surface area contributed by atoms with Gasteiger partial charge in [-0.25, -0.2) is 0 Å². The zero-order valence-corrected chi connectivity index (χ0v) is 12.6. The molecule has 0 fully saturated rings. The number of aliphatic hydroxyl groups is 1. The number of hydrogen-bond acceptors (Lipinski definition) is 6. The van der Waals surface area contributed by atoms with Crippen LogP contribution in [0.4, 0.5) is 0 Å². The number of ether oxygens (including phenoxy) is 1. The van der Waals surface area contributed by atoms with E-state index in [1.165, 1.54) is 23.1 Å². The summed E-state index contributed by atoms with van der Waals surface area (Å²) in [5, 5.41) is 18.0. The summed E-state index contributed by atoms with van der Waals surface area (Å²) in [5.74, 6) is 1.11. The lowest BCUT2D eigenvalue weighted by molar-refractivity contribution is 0.126. The maximum absolute atomic E-state index is 9.84. The number of rotatable bonds is 6. The van der Waals surface area contributed by atoms with Gasteiger partial charge in [-0.3, -0.25) is 0 Å². The lowest BCUT2D eigenvalue weighted by Gasteiger charge is -2.12. The predicted octanol–water partition coefficient (Wildman–Crippen LogP) is 3.03. The molecule has 0 aliphatic carbocycles. The molecule has 2 rings (SSSR count). The van der Waals surface area contributed by atoms with Crippen molar-refractivity contribution >= 4 is 34.7 Å². The topological polar surface area (TPSA) is 55.2 Å². The minimum atomic E-state index is -0.578. The van der Waals surface area contributed by atoms with Crippen molar-refractivity contribution < 1.29 is 9.84 Å². The highest BCUT2D eigenvalue weighted by Crippen LogP contribution is 2.26. The van der Waals surface area contributed by atoms with Gasteiger partial charge in [0.15, 0.2) is 4.34 Å². The first kappa shape index (κ1) is 14.6. The molecule has 7 heteroatoms. The molecule has 0 aliphatic rings. The Labute approximate surface area is 124 Å². The lowest BCUT2D eigenvalue weighted by Crippen LogP contribution is -2.20. The Kier molecular flexibility index (Phi) is 5.45. The minimum absolute atomic E-state index is 0.203. The van der Waals surface area contributed by atoms with Crippen LogP contribution >= 0.6 is 34.7 Å². The maximum atomic E-state index is 9.84. The Morgan fingerprint density at radius 2 is 2.37 bits per heavy atom. The molecule has 4 nitrogen and oxygen atoms in total. The Morgan fingerprint density at radius 3 is 3.11 bits per heavy atom. The van der Waals surface area contributed by atoms with E-state index in [4.69, 9.17) is 16.3 Å². The van der Waals surface area contributed by atoms with E-state index >= 15 is 0 Å². The van der Waals surface area contributed by atoms with E-state index < -0.39 is 6.10 Å². The van der Waals surface area contributed by atoms with Gasteiger partial charge in [-0.2, -0.15) is 0 Å².